The molecule has 0 spiro atoms. The van der Waals surface area contributed by atoms with Crippen molar-refractivity contribution in [2.24, 2.45) is 0 Å². The summed E-state index contributed by atoms with van der Waals surface area (Å²) < 4.78 is 38.2. The van der Waals surface area contributed by atoms with Gasteiger partial charge in [0.05, 0.1) is 17.7 Å². The van der Waals surface area contributed by atoms with E-state index in [1.54, 1.807) is 6.07 Å². The van der Waals surface area contributed by atoms with Crippen LogP contribution in [0.3, 0.4) is 0 Å². The van der Waals surface area contributed by atoms with E-state index in [9.17, 15) is 18.0 Å². The van der Waals surface area contributed by atoms with Crippen LogP contribution in [0.5, 0.6) is 0 Å². The molecule has 0 aliphatic rings. The third kappa shape index (κ3) is 4.23. The number of benzene rings is 1. The fourth-order valence-corrected chi connectivity index (χ4v) is 1.82. The maximum atomic E-state index is 12.7. The predicted octanol–water partition coefficient (Wildman–Crippen LogP) is 3.21. The standard InChI is InChI=1S/C16H12F3N3O/c1-2-8-21-15(23)13-7-4-9-20-14(13)22-12-6-3-5-11(10-12)16(17,18)19/h1,3-7,9-10H,8H2,(H,20,22)(H,21,23). The average Bonchev–Trinajstić information content (AvgIpc) is 2.52. The van der Waals surface area contributed by atoms with Gasteiger partial charge in [-0.2, -0.15) is 13.2 Å². The van der Waals surface area contributed by atoms with Gasteiger partial charge < -0.3 is 10.6 Å². The highest BCUT2D eigenvalue weighted by Gasteiger charge is 2.30. The Bertz CT molecular complexity index is 751. The fraction of sp³-hybridized carbons (Fsp3) is 0.125. The van der Waals surface area contributed by atoms with E-state index in [0.717, 1.165) is 12.1 Å². The molecule has 0 unspecified atom stereocenters. The number of nitrogens with one attached hydrogen (secondary N) is 2. The van der Waals surface area contributed by atoms with Gasteiger partial charge in [0.25, 0.3) is 5.91 Å². The van der Waals surface area contributed by atoms with Gasteiger partial charge in [-0.1, -0.05) is 12.0 Å². The molecule has 1 aromatic heterocycles. The lowest BCUT2D eigenvalue weighted by atomic mass is 10.2. The number of pyridine rings is 1. The number of anilines is 2. The zero-order valence-electron chi connectivity index (χ0n) is 11.8. The lowest BCUT2D eigenvalue weighted by molar-refractivity contribution is -0.137. The number of halogens is 3. The molecule has 0 saturated carbocycles. The van der Waals surface area contributed by atoms with Crippen LogP contribution < -0.4 is 10.6 Å². The minimum Gasteiger partial charge on any atom is -0.341 e. The maximum Gasteiger partial charge on any atom is 0.416 e. The largest absolute Gasteiger partial charge is 0.416 e. The first kappa shape index (κ1) is 16.4. The molecule has 0 radical (unpaired) electrons. The lowest BCUT2D eigenvalue weighted by Gasteiger charge is -2.12. The quantitative estimate of drug-likeness (QED) is 0.851. The van der Waals surface area contributed by atoms with E-state index in [1.807, 2.05) is 0 Å². The number of terminal acetylenes is 1. The Kier molecular flexibility index (Phi) is 4.86. The van der Waals surface area contributed by atoms with Gasteiger partial charge in [0.2, 0.25) is 0 Å². The molecule has 118 valence electrons. The highest BCUT2D eigenvalue weighted by Crippen LogP contribution is 2.31. The molecule has 2 aromatic rings. The molecule has 0 atom stereocenters. The molecule has 7 heteroatoms. The smallest absolute Gasteiger partial charge is 0.341 e. The van der Waals surface area contributed by atoms with Crippen LogP contribution in [0.2, 0.25) is 0 Å². The summed E-state index contributed by atoms with van der Waals surface area (Å²) in [5.74, 6) is 1.94. The normalized spacial score (nSPS) is 10.7. The first-order valence-corrected chi connectivity index (χ1v) is 6.53. The van der Waals surface area contributed by atoms with Crippen LogP contribution in [0.15, 0.2) is 42.6 Å². The van der Waals surface area contributed by atoms with Gasteiger partial charge in [-0.25, -0.2) is 4.98 Å². The summed E-state index contributed by atoms with van der Waals surface area (Å²) in [4.78, 5) is 16.0. The van der Waals surface area contributed by atoms with E-state index < -0.39 is 17.6 Å². The number of hydrogen-bond donors (Lipinski definition) is 2. The predicted molar refractivity (Wildman–Crippen MR) is 80.1 cm³/mol. The number of rotatable bonds is 4. The van der Waals surface area contributed by atoms with E-state index in [-0.39, 0.29) is 23.6 Å². The maximum absolute atomic E-state index is 12.7. The molecule has 0 bridgehead atoms. The zero-order valence-corrected chi connectivity index (χ0v) is 11.8. The Hall–Kier alpha value is -3.01. The first-order valence-electron chi connectivity index (χ1n) is 6.53. The van der Waals surface area contributed by atoms with Gasteiger partial charge in [0, 0.05) is 11.9 Å². The van der Waals surface area contributed by atoms with Crippen molar-refractivity contribution in [2.45, 2.75) is 6.18 Å². The molecule has 0 aliphatic heterocycles. The summed E-state index contributed by atoms with van der Waals surface area (Å²) in [6, 6.07) is 7.66. The van der Waals surface area contributed by atoms with Gasteiger partial charge in [0.15, 0.2) is 0 Å². The number of alkyl halides is 3. The van der Waals surface area contributed by atoms with E-state index in [2.05, 4.69) is 21.5 Å². The van der Waals surface area contributed by atoms with E-state index in [0.29, 0.717) is 0 Å². The van der Waals surface area contributed by atoms with Gasteiger partial charge in [-0.3, -0.25) is 4.79 Å². The average molecular weight is 319 g/mol. The van der Waals surface area contributed by atoms with Crippen LogP contribution in [0.25, 0.3) is 0 Å². The summed E-state index contributed by atoms with van der Waals surface area (Å²) >= 11 is 0. The van der Waals surface area contributed by atoms with Crippen molar-refractivity contribution in [3.05, 3.63) is 53.7 Å². The van der Waals surface area contributed by atoms with Gasteiger partial charge in [-0.05, 0) is 30.3 Å². The van der Waals surface area contributed by atoms with Crippen molar-refractivity contribution >= 4 is 17.4 Å². The summed E-state index contributed by atoms with van der Waals surface area (Å²) in [6.07, 6.45) is 2.05. The molecule has 1 amide bonds. The van der Waals surface area contributed by atoms with Crippen LogP contribution in [0.1, 0.15) is 15.9 Å². The van der Waals surface area contributed by atoms with Crippen molar-refractivity contribution in [2.75, 3.05) is 11.9 Å². The molecular weight excluding hydrogens is 307 g/mol. The monoisotopic (exact) mass is 319 g/mol. The molecule has 23 heavy (non-hydrogen) atoms. The number of aromatic nitrogens is 1. The van der Waals surface area contributed by atoms with Crippen LogP contribution in [0.4, 0.5) is 24.7 Å². The second kappa shape index (κ2) is 6.83. The molecule has 0 fully saturated rings. The molecular formula is C16H12F3N3O. The van der Waals surface area contributed by atoms with Crippen molar-refractivity contribution in [3.8, 4) is 12.3 Å². The Morgan fingerprint density at radius 1 is 1.26 bits per heavy atom. The highest BCUT2D eigenvalue weighted by molar-refractivity contribution is 5.99. The van der Waals surface area contributed by atoms with E-state index in [1.165, 1.54) is 24.4 Å². The number of carbonyl (C=O) groups is 1. The Morgan fingerprint density at radius 2 is 2.04 bits per heavy atom. The van der Waals surface area contributed by atoms with Crippen LogP contribution in [0, 0.1) is 12.3 Å². The SMILES string of the molecule is C#CCNC(=O)c1cccnc1Nc1cccc(C(F)(F)F)c1. The summed E-state index contributed by atoms with van der Waals surface area (Å²) in [7, 11) is 0. The molecule has 1 heterocycles. The third-order valence-corrected chi connectivity index (χ3v) is 2.86. The van der Waals surface area contributed by atoms with Crippen molar-refractivity contribution in [1.82, 2.24) is 10.3 Å². The van der Waals surface area contributed by atoms with Crippen LogP contribution in [-0.2, 0) is 6.18 Å². The number of carbonyl (C=O) groups excluding carboxylic acids is 1. The Balaban J connectivity index is 2.28. The molecule has 0 saturated heterocycles. The molecule has 0 aliphatic carbocycles. The zero-order chi connectivity index (χ0) is 16.9. The Morgan fingerprint density at radius 3 is 2.74 bits per heavy atom. The fourth-order valence-electron chi connectivity index (χ4n) is 1.82. The van der Waals surface area contributed by atoms with E-state index >= 15 is 0 Å². The topological polar surface area (TPSA) is 54.0 Å². The van der Waals surface area contributed by atoms with Crippen LogP contribution in [-0.4, -0.2) is 17.4 Å². The summed E-state index contributed by atoms with van der Waals surface area (Å²) in [5, 5.41) is 5.19. The first-order chi connectivity index (χ1) is 10.9. The van der Waals surface area contributed by atoms with Crippen molar-refractivity contribution in [3.63, 3.8) is 0 Å². The van der Waals surface area contributed by atoms with Gasteiger partial charge >= 0.3 is 6.18 Å². The molecule has 2 rings (SSSR count). The second-order valence-corrected chi connectivity index (χ2v) is 4.49. The van der Waals surface area contributed by atoms with E-state index in [4.69, 9.17) is 6.42 Å². The van der Waals surface area contributed by atoms with Crippen molar-refractivity contribution in [1.29, 1.82) is 0 Å². The number of hydrogen-bond acceptors (Lipinski definition) is 3. The van der Waals surface area contributed by atoms with Crippen LogP contribution >= 0.6 is 0 Å². The minimum absolute atomic E-state index is 0.0384. The van der Waals surface area contributed by atoms with Gasteiger partial charge in [-0.15, -0.1) is 6.42 Å². The summed E-state index contributed by atoms with van der Waals surface area (Å²) in [5.41, 5.74) is -0.443. The minimum atomic E-state index is -4.45. The second-order valence-electron chi connectivity index (χ2n) is 4.49. The molecule has 2 N–H and O–H groups in total. The lowest BCUT2D eigenvalue weighted by Crippen LogP contribution is -2.24. The molecule has 4 nitrogen and oxygen atoms in total. The Labute approximate surface area is 130 Å². The summed E-state index contributed by atoms with van der Waals surface area (Å²) in [6.45, 7) is 0.0384. The molecule has 1 aromatic carbocycles. The third-order valence-electron chi connectivity index (χ3n) is 2.86. The van der Waals surface area contributed by atoms with Gasteiger partial charge in [0.1, 0.15) is 5.82 Å². The highest BCUT2D eigenvalue weighted by atomic mass is 19.4. The number of nitrogens with zero attached hydrogens (tertiary/aromatic N) is 1. The van der Waals surface area contributed by atoms with Crippen molar-refractivity contribution < 1.29 is 18.0 Å². The number of amides is 1.